The van der Waals surface area contributed by atoms with E-state index in [0.717, 1.165) is 27.5 Å². The summed E-state index contributed by atoms with van der Waals surface area (Å²) in [6, 6.07) is 5.75. The van der Waals surface area contributed by atoms with Crippen molar-refractivity contribution in [3.63, 3.8) is 0 Å². The maximum atomic E-state index is 10.6. The van der Waals surface area contributed by atoms with Gasteiger partial charge in [-0.1, -0.05) is 33.8 Å². The molecule has 2 aromatic rings. The van der Waals surface area contributed by atoms with Crippen LogP contribution in [0.3, 0.4) is 0 Å². The van der Waals surface area contributed by atoms with E-state index in [-0.39, 0.29) is 5.75 Å². The predicted molar refractivity (Wildman–Crippen MR) is 70.0 cm³/mol. The number of aliphatic carboxylic acids is 1. The lowest BCUT2D eigenvalue weighted by molar-refractivity contribution is -0.133. The topological polar surface area (TPSA) is 80.9 Å². The standard InChI is InChI=1S/C10H9BrN4O2S/c1-6-2-3-7(11)4-8(6)15-10(12-13-14-15)18-5-9(16)17/h2-4H,5H2,1H3,(H,16,17). The maximum Gasteiger partial charge on any atom is 0.313 e. The Labute approximate surface area is 116 Å². The van der Waals surface area contributed by atoms with E-state index in [0.29, 0.717) is 5.16 Å². The Morgan fingerprint density at radius 1 is 1.56 bits per heavy atom. The first kappa shape index (κ1) is 13.0. The molecule has 0 aliphatic heterocycles. The number of nitrogens with zero attached hydrogens (tertiary/aromatic N) is 4. The zero-order valence-corrected chi connectivity index (χ0v) is 11.8. The van der Waals surface area contributed by atoms with Crippen molar-refractivity contribution in [2.24, 2.45) is 0 Å². The highest BCUT2D eigenvalue weighted by Gasteiger charge is 2.12. The van der Waals surface area contributed by atoms with Crippen molar-refractivity contribution in [1.29, 1.82) is 0 Å². The number of benzene rings is 1. The van der Waals surface area contributed by atoms with Crippen molar-refractivity contribution in [1.82, 2.24) is 20.2 Å². The van der Waals surface area contributed by atoms with Crippen molar-refractivity contribution in [2.75, 3.05) is 5.75 Å². The van der Waals surface area contributed by atoms with Gasteiger partial charge in [0.25, 0.3) is 0 Å². The van der Waals surface area contributed by atoms with Crippen molar-refractivity contribution in [3.05, 3.63) is 28.2 Å². The summed E-state index contributed by atoms with van der Waals surface area (Å²) in [6.45, 7) is 1.94. The van der Waals surface area contributed by atoms with Crippen LogP contribution in [0.25, 0.3) is 5.69 Å². The van der Waals surface area contributed by atoms with E-state index < -0.39 is 5.97 Å². The van der Waals surface area contributed by atoms with E-state index in [1.807, 2.05) is 25.1 Å². The number of hydrogen-bond donors (Lipinski definition) is 1. The van der Waals surface area contributed by atoms with Gasteiger partial charge < -0.3 is 5.11 Å². The molecule has 0 atom stereocenters. The van der Waals surface area contributed by atoms with E-state index in [9.17, 15) is 4.79 Å². The molecule has 0 radical (unpaired) electrons. The molecule has 1 N–H and O–H groups in total. The number of halogens is 1. The van der Waals surface area contributed by atoms with Gasteiger partial charge >= 0.3 is 5.97 Å². The third kappa shape index (κ3) is 2.88. The van der Waals surface area contributed by atoms with Crippen LogP contribution in [0.2, 0.25) is 0 Å². The predicted octanol–water partition coefficient (Wildman–Crippen LogP) is 1.91. The van der Waals surface area contributed by atoms with Crippen LogP contribution in [0.1, 0.15) is 5.56 Å². The number of tetrazole rings is 1. The molecule has 0 aliphatic carbocycles. The molecule has 0 bridgehead atoms. The van der Waals surface area contributed by atoms with Crippen LogP contribution in [-0.2, 0) is 4.79 Å². The number of carbonyl (C=O) groups is 1. The lowest BCUT2D eigenvalue weighted by Crippen LogP contribution is -2.04. The van der Waals surface area contributed by atoms with Crippen molar-refractivity contribution in [3.8, 4) is 5.69 Å². The Morgan fingerprint density at radius 3 is 3.06 bits per heavy atom. The largest absolute Gasteiger partial charge is 0.481 e. The molecule has 0 spiro atoms. The summed E-state index contributed by atoms with van der Waals surface area (Å²) in [5.41, 5.74) is 1.82. The summed E-state index contributed by atoms with van der Waals surface area (Å²) in [5, 5.41) is 20.4. The summed E-state index contributed by atoms with van der Waals surface area (Å²) >= 11 is 4.47. The number of aromatic nitrogens is 4. The molecule has 1 aromatic heterocycles. The lowest BCUT2D eigenvalue weighted by atomic mass is 10.2. The van der Waals surface area contributed by atoms with Crippen LogP contribution >= 0.6 is 27.7 Å². The van der Waals surface area contributed by atoms with Crippen LogP contribution in [0.4, 0.5) is 0 Å². The molecule has 8 heteroatoms. The van der Waals surface area contributed by atoms with E-state index in [2.05, 4.69) is 31.5 Å². The van der Waals surface area contributed by atoms with E-state index >= 15 is 0 Å². The molecule has 0 saturated carbocycles. The zero-order valence-electron chi connectivity index (χ0n) is 9.37. The minimum absolute atomic E-state index is 0.0760. The minimum Gasteiger partial charge on any atom is -0.481 e. The Morgan fingerprint density at radius 2 is 2.33 bits per heavy atom. The molecule has 18 heavy (non-hydrogen) atoms. The van der Waals surface area contributed by atoms with E-state index in [1.54, 1.807) is 0 Å². The fourth-order valence-corrected chi connectivity index (χ4v) is 2.31. The summed E-state index contributed by atoms with van der Waals surface area (Å²) in [7, 11) is 0. The number of rotatable bonds is 4. The first-order valence-corrected chi connectivity index (χ1v) is 6.75. The Kier molecular flexibility index (Phi) is 3.97. The number of hydrogen-bond acceptors (Lipinski definition) is 5. The average molecular weight is 329 g/mol. The SMILES string of the molecule is Cc1ccc(Br)cc1-n1nnnc1SCC(=O)O. The monoisotopic (exact) mass is 328 g/mol. The second-order valence-corrected chi connectivity index (χ2v) is 5.34. The van der Waals surface area contributed by atoms with E-state index in [4.69, 9.17) is 5.11 Å². The Hall–Kier alpha value is -1.41. The fraction of sp³-hybridized carbons (Fsp3) is 0.200. The molecule has 94 valence electrons. The van der Waals surface area contributed by atoms with Crippen LogP contribution in [0.15, 0.2) is 27.8 Å². The molecule has 6 nitrogen and oxygen atoms in total. The third-order valence-corrected chi connectivity index (χ3v) is 3.56. The van der Waals surface area contributed by atoms with Gasteiger partial charge in [0.2, 0.25) is 5.16 Å². The molecule has 0 unspecified atom stereocenters. The molecular weight excluding hydrogens is 320 g/mol. The number of thioether (sulfide) groups is 1. The van der Waals surface area contributed by atoms with Crippen LogP contribution in [0, 0.1) is 6.92 Å². The van der Waals surface area contributed by atoms with Gasteiger partial charge in [0.1, 0.15) is 0 Å². The third-order valence-electron chi connectivity index (χ3n) is 2.17. The Bertz CT molecular complexity index is 587. The van der Waals surface area contributed by atoms with Gasteiger partial charge in [-0.3, -0.25) is 4.79 Å². The zero-order chi connectivity index (χ0) is 13.1. The average Bonchev–Trinajstić information content (AvgIpc) is 2.77. The van der Waals surface area contributed by atoms with Crippen LogP contribution in [0.5, 0.6) is 0 Å². The molecule has 2 rings (SSSR count). The number of aryl methyl sites for hydroxylation is 1. The van der Waals surface area contributed by atoms with Crippen LogP contribution in [-0.4, -0.2) is 37.0 Å². The molecule has 0 aliphatic rings. The summed E-state index contributed by atoms with van der Waals surface area (Å²) in [6.07, 6.45) is 0. The van der Waals surface area contributed by atoms with Gasteiger partial charge in [-0.25, -0.2) is 0 Å². The Balaban J connectivity index is 2.36. The molecule has 1 heterocycles. The van der Waals surface area contributed by atoms with Gasteiger partial charge in [0.05, 0.1) is 11.4 Å². The molecule has 0 fully saturated rings. The molecule has 0 amide bonds. The quantitative estimate of drug-likeness (QED) is 0.863. The molecular formula is C10H9BrN4O2S. The normalized spacial score (nSPS) is 10.6. The highest BCUT2D eigenvalue weighted by molar-refractivity contribution is 9.10. The van der Waals surface area contributed by atoms with Crippen molar-refractivity contribution >= 4 is 33.7 Å². The van der Waals surface area contributed by atoms with Gasteiger partial charge in [-0.2, -0.15) is 4.68 Å². The van der Waals surface area contributed by atoms with Crippen molar-refractivity contribution in [2.45, 2.75) is 12.1 Å². The second kappa shape index (κ2) is 5.49. The van der Waals surface area contributed by atoms with Gasteiger partial charge in [-0.05, 0) is 35.0 Å². The minimum atomic E-state index is -0.902. The van der Waals surface area contributed by atoms with Gasteiger partial charge in [-0.15, -0.1) is 5.10 Å². The highest BCUT2D eigenvalue weighted by Crippen LogP contribution is 2.23. The van der Waals surface area contributed by atoms with Crippen molar-refractivity contribution < 1.29 is 9.90 Å². The molecule has 0 saturated heterocycles. The number of carboxylic acids is 1. The van der Waals surface area contributed by atoms with Gasteiger partial charge in [0.15, 0.2) is 0 Å². The smallest absolute Gasteiger partial charge is 0.313 e. The summed E-state index contributed by atoms with van der Waals surface area (Å²) in [4.78, 5) is 10.6. The summed E-state index contributed by atoms with van der Waals surface area (Å²) < 4.78 is 2.45. The van der Waals surface area contributed by atoms with Crippen LogP contribution < -0.4 is 0 Å². The molecule has 1 aromatic carbocycles. The van der Waals surface area contributed by atoms with Gasteiger partial charge in [0, 0.05) is 4.47 Å². The summed E-state index contributed by atoms with van der Waals surface area (Å²) in [5.74, 6) is -0.978. The second-order valence-electron chi connectivity index (χ2n) is 3.49. The highest BCUT2D eigenvalue weighted by atomic mass is 79.9. The maximum absolute atomic E-state index is 10.6. The van der Waals surface area contributed by atoms with E-state index in [1.165, 1.54) is 4.68 Å². The lowest BCUT2D eigenvalue weighted by Gasteiger charge is -2.07. The number of carboxylic acid groups (broad SMARTS) is 1. The first-order chi connectivity index (χ1) is 8.58. The first-order valence-electron chi connectivity index (χ1n) is 4.97. The fourth-order valence-electron chi connectivity index (χ4n) is 1.36.